The number of piperazine rings is 1. The molecule has 160 valence electrons. The Morgan fingerprint density at radius 1 is 1.00 bits per heavy atom. The number of anilines is 1. The number of nitrogens with zero attached hydrogens (tertiary/aromatic N) is 2. The highest BCUT2D eigenvalue weighted by Gasteiger charge is 2.31. The summed E-state index contributed by atoms with van der Waals surface area (Å²) >= 11 is 6.03. The third-order valence-electron chi connectivity index (χ3n) is 4.51. The van der Waals surface area contributed by atoms with Crippen LogP contribution in [0.4, 0.5) is 18.9 Å². The number of carbonyl (C=O) groups excluding carboxylic acids is 2. The van der Waals surface area contributed by atoms with Gasteiger partial charge < -0.3 is 15.0 Å². The minimum absolute atomic E-state index is 0.163. The molecule has 1 aliphatic heterocycles. The number of halogens is 4. The molecule has 0 aromatic heterocycles. The van der Waals surface area contributed by atoms with E-state index >= 15 is 0 Å². The molecule has 1 N–H and O–H groups in total. The summed E-state index contributed by atoms with van der Waals surface area (Å²) in [5.41, 5.74) is 0.811. The van der Waals surface area contributed by atoms with Crippen molar-refractivity contribution in [2.75, 3.05) is 38.0 Å². The minimum Gasteiger partial charge on any atom is -0.406 e. The molecule has 2 amide bonds. The lowest BCUT2D eigenvalue weighted by atomic mass is 10.1. The Labute approximate surface area is 176 Å². The van der Waals surface area contributed by atoms with Crippen LogP contribution in [0.3, 0.4) is 0 Å². The molecule has 10 heteroatoms. The van der Waals surface area contributed by atoms with Gasteiger partial charge in [-0.1, -0.05) is 23.7 Å². The Balaban J connectivity index is 1.48. The molecular formula is C20H19ClF3N3O3. The maximum atomic E-state index is 12.6. The number of benzene rings is 2. The quantitative estimate of drug-likeness (QED) is 0.769. The van der Waals surface area contributed by atoms with Gasteiger partial charge in [0.2, 0.25) is 5.91 Å². The van der Waals surface area contributed by atoms with Gasteiger partial charge in [0.25, 0.3) is 5.91 Å². The van der Waals surface area contributed by atoms with Crippen LogP contribution in [0, 0.1) is 0 Å². The van der Waals surface area contributed by atoms with Gasteiger partial charge in [0.15, 0.2) is 0 Å². The zero-order valence-electron chi connectivity index (χ0n) is 15.8. The van der Waals surface area contributed by atoms with Gasteiger partial charge in [-0.25, -0.2) is 0 Å². The molecule has 2 aromatic carbocycles. The molecule has 2 aromatic rings. The van der Waals surface area contributed by atoms with E-state index in [4.69, 9.17) is 11.6 Å². The number of carbonyl (C=O) groups is 2. The van der Waals surface area contributed by atoms with Gasteiger partial charge in [0.05, 0.1) is 17.3 Å². The second-order valence-electron chi connectivity index (χ2n) is 6.67. The van der Waals surface area contributed by atoms with Crippen molar-refractivity contribution in [1.82, 2.24) is 9.80 Å². The van der Waals surface area contributed by atoms with Crippen molar-refractivity contribution in [2.45, 2.75) is 6.36 Å². The number of ether oxygens (including phenoxy) is 1. The summed E-state index contributed by atoms with van der Waals surface area (Å²) in [6.07, 6.45) is -4.78. The van der Waals surface area contributed by atoms with Crippen LogP contribution < -0.4 is 10.1 Å². The fourth-order valence-corrected chi connectivity index (χ4v) is 3.23. The smallest absolute Gasteiger partial charge is 0.406 e. The van der Waals surface area contributed by atoms with Crippen molar-refractivity contribution < 1.29 is 27.5 Å². The summed E-state index contributed by atoms with van der Waals surface area (Å²) in [6.45, 7) is 1.96. The predicted molar refractivity (Wildman–Crippen MR) is 106 cm³/mol. The van der Waals surface area contributed by atoms with Crippen LogP contribution in [0.5, 0.6) is 5.75 Å². The van der Waals surface area contributed by atoms with Crippen LogP contribution in [-0.4, -0.2) is 60.7 Å². The highest BCUT2D eigenvalue weighted by molar-refractivity contribution is 6.33. The lowest BCUT2D eigenvalue weighted by molar-refractivity contribution is -0.274. The van der Waals surface area contributed by atoms with Crippen LogP contribution >= 0.6 is 11.6 Å². The van der Waals surface area contributed by atoms with E-state index in [9.17, 15) is 22.8 Å². The summed E-state index contributed by atoms with van der Waals surface area (Å²) in [6, 6.07) is 11.7. The first-order valence-corrected chi connectivity index (χ1v) is 9.51. The molecule has 0 bridgehead atoms. The molecule has 0 unspecified atom stereocenters. The summed E-state index contributed by atoms with van der Waals surface area (Å²) in [7, 11) is 0. The Bertz CT molecular complexity index is 898. The maximum absolute atomic E-state index is 12.6. The van der Waals surface area contributed by atoms with Gasteiger partial charge in [-0.05, 0) is 36.4 Å². The van der Waals surface area contributed by atoms with E-state index in [-0.39, 0.29) is 29.7 Å². The summed E-state index contributed by atoms with van der Waals surface area (Å²) < 4.78 is 40.5. The number of amides is 2. The third-order valence-corrected chi connectivity index (χ3v) is 4.84. The number of hydrogen-bond acceptors (Lipinski definition) is 4. The fraction of sp³-hybridized carbons (Fsp3) is 0.300. The molecule has 1 fully saturated rings. The predicted octanol–water partition coefficient (Wildman–Crippen LogP) is 3.64. The van der Waals surface area contributed by atoms with Crippen molar-refractivity contribution in [3.8, 4) is 5.75 Å². The molecule has 1 heterocycles. The minimum atomic E-state index is -4.78. The summed E-state index contributed by atoms with van der Waals surface area (Å²) in [4.78, 5) is 28.3. The Morgan fingerprint density at radius 3 is 2.23 bits per heavy atom. The van der Waals surface area contributed by atoms with Gasteiger partial charge in [0, 0.05) is 31.7 Å². The van der Waals surface area contributed by atoms with E-state index in [0.29, 0.717) is 36.9 Å². The highest BCUT2D eigenvalue weighted by Crippen LogP contribution is 2.23. The molecular weight excluding hydrogens is 423 g/mol. The van der Waals surface area contributed by atoms with Crippen LogP contribution in [0.2, 0.25) is 5.02 Å². The highest BCUT2D eigenvalue weighted by atomic mass is 35.5. The Morgan fingerprint density at radius 2 is 1.63 bits per heavy atom. The number of nitrogens with one attached hydrogen (secondary N) is 1. The van der Waals surface area contributed by atoms with Crippen molar-refractivity contribution in [1.29, 1.82) is 0 Å². The first-order chi connectivity index (χ1) is 14.2. The zero-order valence-corrected chi connectivity index (χ0v) is 16.5. The van der Waals surface area contributed by atoms with Crippen molar-refractivity contribution in [2.24, 2.45) is 0 Å². The second-order valence-corrected chi connectivity index (χ2v) is 7.08. The van der Waals surface area contributed by atoms with Gasteiger partial charge >= 0.3 is 6.36 Å². The van der Waals surface area contributed by atoms with Crippen molar-refractivity contribution in [3.63, 3.8) is 0 Å². The van der Waals surface area contributed by atoms with Crippen LogP contribution in [0.15, 0.2) is 48.5 Å². The van der Waals surface area contributed by atoms with E-state index in [0.717, 1.165) is 12.1 Å². The van der Waals surface area contributed by atoms with Gasteiger partial charge in [-0.3, -0.25) is 14.5 Å². The molecule has 1 saturated heterocycles. The Hall–Kier alpha value is -2.78. The zero-order chi connectivity index (χ0) is 21.7. The average molecular weight is 442 g/mol. The maximum Gasteiger partial charge on any atom is 0.573 e. The van der Waals surface area contributed by atoms with Crippen LogP contribution in [0.25, 0.3) is 0 Å². The molecule has 0 radical (unpaired) electrons. The normalized spacial score (nSPS) is 15.0. The van der Waals surface area contributed by atoms with E-state index in [1.54, 1.807) is 29.2 Å². The number of alkyl halides is 3. The van der Waals surface area contributed by atoms with E-state index in [1.165, 1.54) is 12.1 Å². The van der Waals surface area contributed by atoms with Gasteiger partial charge in [-0.15, -0.1) is 13.2 Å². The first-order valence-electron chi connectivity index (χ1n) is 9.13. The standard InChI is InChI=1S/C20H19ClF3N3O3/c21-16-3-1-2-4-17(16)25-18(28)13-26-9-11-27(12-10-26)19(29)14-5-7-15(8-6-14)30-20(22,23)24/h1-8H,9-13H2,(H,25,28). The average Bonchev–Trinajstić information content (AvgIpc) is 2.69. The molecule has 0 aliphatic carbocycles. The number of rotatable bonds is 5. The second kappa shape index (κ2) is 9.36. The fourth-order valence-electron chi connectivity index (χ4n) is 3.05. The number of para-hydroxylation sites is 1. The number of hydrogen-bond donors (Lipinski definition) is 1. The van der Waals surface area contributed by atoms with Gasteiger partial charge in [-0.2, -0.15) is 0 Å². The lowest BCUT2D eigenvalue weighted by Crippen LogP contribution is -2.50. The topological polar surface area (TPSA) is 61.9 Å². The van der Waals surface area contributed by atoms with E-state index in [1.807, 2.05) is 4.90 Å². The lowest BCUT2D eigenvalue weighted by Gasteiger charge is -2.34. The van der Waals surface area contributed by atoms with E-state index < -0.39 is 6.36 Å². The Kier molecular flexibility index (Phi) is 6.84. The van der Waals surface area contributed by atoms with Crippen LogP contribution in [-0.2, 0) is 4.79 Å². The molecule has 0 atom stereocenters. The summed E-state index contributed by atoms with van der Waals surface area (Å²) in [5.74, 6) is -0.870. The van der Waals surface area contributed by atoms with Crippen LogP contribution in [0.1, 0.15) is 10.4 Å². The third kappa shape index (κ3) is 6.11. The SMILES string of the molecule is O=C(CN1CCN(C(=O)c2ccc(OC(F)(F)F)cc2)CC1)Nc1ccccc1Cl. The monoisotopic (exact) mass is 441 g/mol. The first kappa shape index (κ1) is 21.9. The van der Waals surface area contributed by atoms with Crippen molar-refractivity contribution in [3.05, 3.63) is 59.1 Å². The van der Waals surface area contributed by atoms with E-state index in [2.05, 4.69) is 10.1 Å². The molecule has 0 saturated carbocycles. The molecule has 3 rings (SSSR count). The largest absolute Gasteiger partial charge is 0.573 e. The molecule has 0 spiro atoms. The summed E-state index contributed by atoms with van der Waals surface area (Å²) in [5, 5.41) is 3.21. The van der Waals surface area contributed by atoms with Gasteiger partial charge in [0.1, 0.15) is 5.75 Å². The molecule has 1 aliphatic rings. The van der Waals surface area contributed by atoms with Crippen molar-refractivity contribution >= 4 is 29.1 Å². The molecule has 30 heavy (non-hydrogen) atoms. The molecule has 6 nitrogen and oxygen atoms in total.